The Kier molecular flexibility index (Phi) is 7.20. The number of benzene rings is 2. The van der Waals surface area contributed by atoms with E-state index in [0.717, 1.165) is 28.6 Å². The summed E-state index contributed by atoms with van der Waals surface area (Å²) in [5, 5.41) is 39.5. The third kappa shape index (κ3) is 4.72. The summed E-state index contributed by atoms with van der Waals surface area (Å²) in [4.78, 5) is 0.497. The molecule has 3 aromatic rings. The van der Waals surface area contributed by atoms with Gasteiger partial charge in [0.15, 0.2) is 17.5 Å². The quantitative estimate of drug-likeness (QED) is 0.442. The highest BCUT2D eigenvalue weighted by Crippen LogP contribution is 2.41. The van der Waals surface area contributed by atoms with Crippen LogP contribution >= 0.6 is 35.0 Å². The van der Waals surface area contributed by atoms with Crippen LogP contribution in [0.4, 0.5) is 13.2 Å². The SMILES string of the molecule is OCC1O[C@H](Sc2cccc(Cl)c2Cl)C(O)C(n2cc(-c3cc(F)c(F)c(F)c3)nn2)[C@H]1O. The Morgan fingerprint density at radius 3 is 2.45 bits per heavy atom. The zero-order chi connectivity index (χ0) is 23.9. The topological polar surface area (TPSA) is 101 Å². The first kappa shape index (κ1) is 24.3. The third-order valence-corrected chi connectivity index (χ3v) is 7.25. The highest BCUT2D eigenvalue weighted by molar-refractivity contribution is 8.00. The highest BCUT2D eigenvalue weighted by atomic mass is 35.5. The van der Waals surface area contributed by atoms with E-state index in [1.54, 1.807) is 18.2 Å². The maximum Gasteiger partial charge on any atom is 0.194 e. The fraction of sp³-hybridized carbons (Fsp3) is 0.300. The summed E-state index contributed by atoms with van der Waals surface area (Å²) >= 11 is 13.3. The Morgan fingerprint density at radius 1 is 1.09 bits per heavy atom. The van der Waals surface area contributed by atoms with E-state index in [2.05, 4.69) is 10.3 Å². The molecule has 13 heteroatoms. The molecule has 4 rings (SSSR count). The molecule has 0 saturated carbocycles. The van der Waals surface area contributed by atoms with Gasteiger partial charge in [0.2, 0.25) is 0 Å². The summed E-state index contributed by atoms with van der Waals surface area (Å²) in [6.45, 7) is -0.569. The van der Waals surface area contributed by atoms with Gasteiger partial charge in [-0.2, -0.15) is 0 Å². The third-order valence-electron chi connectivity index (χ3n) is 5.10. The zero-order valence-corrected chi connectivity index (χ0v) is 18.8. The molecular formula is C20H16Cl2F3N3O4S. The van der Waals surface area contributed by atoms with Gasteiger partial charge in [-0.05, 0) is 24.3 Å². The van der Waals surface area contributed by atoms with Crippen molar-refractivity contribution >= 4 is 35.0 Å². The number of aromatic nitrogens is 3. The Hall–Kier alpha value is -1.86. The van der Waals surface area contributed by atoms with Crippen LogP contribution in [-0.4, -0.2) is 60.7 Å². The molecule has 1 aliphatic rings. The molecule has 0 amide bonds. The second kappa shape index (κ2) is 9.79. The molecule has 2 aromatic carbocycles. The molecular weight excluding hydrogens is 506 g/mol. The predicted octanol–water partition coefficient (Wildman–Crippen LogP) is 3.44. The second-order valence-corrected chi connectivity index (χ2v) is 9.13. The molecule has 33 heavy (non-hydrogen) atoms. The van der Waals surface area contributed by atoms with Crippen molar-refractivity contribution in [1.82, 2.24) is 15.0 Å². The molecule has 1 fully saturated rings. The van der Waals surface area contributed by atoms with E-state index in [1.807, 2.05) is 0 Å². The van der Waals surface area contributed by atoms with Crippen molar-refractivity contribution in [3.05, 3.63) is 64.0 Å². The van der Waals surface area contributed by atoms with Gasteiger partial charge < -0.3 is 20.1 Å². The Morgan fingerprint density at radius 2 is 1.79 bits per heavy atom. The fourth-order valence-electron chi connectivity index (χ4n) is 3.44. The molecule has 1 aliphatic heterocycles. The minimum Gasteiger partial charge on any atom is -0.394 e. The van der Waals surface area contributed by atoms with Crippen molar-refractivity contribution < 1.29 is 33.2 Å². The number of aliphatic hydroxyl groups is 3. The van der Waals surface area contributed by atoms with Gasteiger partial charge in [-0.25, -0.2) is 17.9 Å². The molecule has 5 atom stereocenters. The molecule has 3 unspecified atom stereocenters. The van der Waals surface area contributed by atoms with Gasteiger partial charge in [-0.1, -0.05) is 46.2 Å². The minimum atomic E-state index is -1.62. The van der Waals surface area contributed by atoms with E-state index >= 15 is 0 Å². The summed E-state index contributed by atoms with van der Waals surface area (Å²) < 4.78 is 47.2. The van der Waals surface area contributed by atoms with Crippen molar-refractivity contribution in [2.24, 2.45) is 0 Å². The van der Waals surface area contributed by atoms with Gasteiger partial charge in [-0.3, -0.25) is 0 Å². The maximum absolute atomic E-state index is 13.6. The Labute approximate surface area is 199 Å². The van der Waals surface area contributed by atoms with Gasteiger partial charge in [-0.15, -0.1) is 5.10 Å². The summed E-state index contributed by atoms with van der Waals surface area (Å²) in [5.41, 5.74) is -1.12. The van der Waals surface area contributed by atoms with E-state index in [1.165, 1.54) is 6.20 Å². The molecule has 7 nitrogen and oxygen atoms in total. The largest absolute Gasteiger partial charge is 0.394 e. The summed E-state index contributed by atoms with van der Waals surface area (Å²) in [6.07, 6.45) is -2.65. The smallest absolute Gasteiger partial charge is 0.194 e. The molecule has 2 heterocycles. The van der Waals surface area contributed by atoms with Crippen molar-refractivity contribution in [1.29, 1.82) is 0 Å². The van der Waals surface area contributed by atoms with Crippen LogP contribution in [0.2, 0.25) is 10.0 Å². The zero-order valence-electron chi connectivity index (χ0n) is 16.4. The number of hydrogen-bond donors (Lipinski definition) is 3. The van der Waals surface area contributed by atoms with Gasteiger partial charge in [0, 0.05) is 10.5 Å². The summed E-state index contributed by atoms with van der Waals surface area (Å²) in [6, 6.07) is 5.26. The monoisotopic (exact) mass is 521 g/mol. The average Bonchev–Trinajstić information content (AvgIpc) is 3.26. The average molecular weight is 522 g/mol. The first-order valence-corrected chi connectivity index (χ1v) is 11.1. The molecule has 0 aliphatic carbocycles. The second-order valence-electron chi connectivity index (χ2n) is 7.20. The molecule has 3 N–H and O–H groups in total. The van der Waals surface area contributed by atoms with E-state index in [9.17, 15) is 28.5 Å². The number of hydrogen-bond acceptors (Lipinski definition) is 7. The van der Waals surface area contributed by atoms with Crippen molar-refractivity contribution in [2.45, 2.75) is 34.7 Å². The van der Waals surface area contributed by atoms with Crippen LogP contribution in [0.3, 0.4) is 0 Å². The minimum absolute atomic E-state index is 0.0265. The van der Waals surface area contributed by atoms with Crippen molar-refractivity contribution in [2.75, 3.05) is 6.61 Å². The lowest BCUT2D eigenvalue weighted by molar-refractivity contribution is -0.178. The van der Waals surface area contributed by atoms with Gasteiger partial charge in [0.1, 0.15) is 35.5 Å². The molecule has 1 aromatic heterocycles. The maximum atomic E-state index is 13.6. The van der Waals surface area contributed by atoms with Crippen molar-refractivity contribution in [3.63, 3.8) is 0 Å². The van der Waals surface area contributed by atoms with E-state index in [4.69, 9.17) is 27.9 Å². The van der Waals surface area contributed by atoms with Crippen LogP contribution in [0.25, 0.3) is 11.3 Å². The highest BCUT2D eigenvalue weighted by Gasteiger charge is 2.46. The first-order chi connectivity index (χ1) is 15.7. The lowest BCUT2D eigenvalue weighted by Crippen LogP contribution is -2.55. The number of thioether (sulfide) groups is 1. The lowest BCUT2D eigenvalue weighted by atomic mass is 9.97. The number of nitrogens with zero attached hydrogens (tertiary/aromatic N) is 3. The summed E-state index contributed by atoms with van der Waals surface area (Å²) in [5.74, 6) is -4.42. The Balaban J connectivity index is 1.65. The normalized spacial score (nSPS) is 25.4. The molecule has 1 saturated heterocycles. The number of halogens is 5. The van der Waals surface area contributed by atoms with Crippen LogP contribution in [0.1, 0.15) is 6.04 Å². The fourth-order valence-corrected chi connectivity index (χ4v) is 5.05. The molecule has 0 spiro atoms. The Bertz CT molecular complexity index is 1150. The van der Waals surface area contributed by atoms with Crippen LogP contribution in [0.15, 0.2) is 41.4 Å². The van der Waals surface area contributed by atoms with Gasteiger partial charge >= 0.3 is 0 Å². The summed E-state index contributed by atoms with van der Waals surface area (Å²) in [7, 11) is 0. The first-order valence-electron chi connectivity index (χ1n) is 9.51. The number of aliphatic hydroxyl groups excluding tert-OH is 3. The molecule has 0 bridgehead atoms. The van der Waals surface area contributed by atoms with Gasteiger partial charge in [0.05, 0.1) is 22.8 Å². The standard InChI is InChI=1S/C20H16Cl2F3N3O4S/c21-9-2-1-3-14(15(9)22)33-20-19(31)17(18(30)13(7-29)32-20)28-6-12(26-27-28)8-4-10(23)16(25)11(24)5-8/h1-6,13,17-20,29-31H,7H2/t13?,17?,18-,19?,20+/m0/s1. The number of rotatable bonds is 5. The lowest BCUT2D eigenvalue weighted by Gasteiger charge is -2.41. The van der Waals surface area contributed by atoms with Gasteiger partial charge in [0.25, 0.3) is 0 Å². The van der Waals surface area contributed by atoms with Crippen LogP contribution in [0, 0.1) is 17.5 Å². The number of ether oxygens (including phenoxy) is 1. The van der Waals surface area contributed by atoms with Crippen LogP contribution < -0.4 is 0 Å². The predicted molar refractivity (Wildman–Crippen MR) is 114 cm³/mol. The molecule has 0 radical (unpaired) electrons. The molecule has 176 valence electrons. The van der Waals surface area contributed by atoms with E-state index in [0.29, 0.717) is 9.92 Å². The van der Waals surface area contributed by atoms with E-state index < -0.39 is 53.8 Å². The van der Waals surface area contributed by atoms with E-state index in [-0.39, 0.29) is 16.3 Å². The van der Waals surface area contributed by atoms with Crippen LogP contribution in [0.5, 0.6) is 0 Å². The van der Waals surface area contributed by atoms with Crippen molar-refractivity contribution in [3.8, 4) is 11.3 Å². The van der Waals surface area contributed by atoms with Crippen LogP contribution in [-0.2, 0) is 4.74 Å².